The van der Waals surface area contributed by atoms with E-state index in [1.54, 1.807) is 0 Å². The largest absolute Gasteiger partial charge is 0.475 e. The van der Waals surface area contributed by atoms with Crippen molar-refractivity contribution in [3.8, 4) is 0 Å². The quantitative estimate of drug-likeness (QED) is 0.615. The van der Waals surface area contributed by atoms with Gasteiger partial charge in [-0.3, -0.25) is 0 Å². The minimum atomic E-state index is -0.256. The summed E-state index contributed by atoms with van der Waals surface area (Å²) in [7, 11) is -0.256. The second-order valence-electron chi connectivity index (χ2n) is 7.03. The molecule has 3 aliphatic carbocycles. The lowest BCUT2D eigenvalue weighted by molar-refractivity contribution is -0.199. The zero-order chi connectivity index (χ0) is 13.1. The second kappa shape index (κ2) is 3.84. The van der Waals surface area contributed by atoms with Crippen molar-refractivity contribution in [1.82, 2.24) is 0 Å². The highest BCUT2D eigenvalue weighted by molar-refractivity contribution is 6.47. The summed E-state index contributed by atoms with van der Waals surface area (Å²) in [6.07, 6.45) is 5.22. The van der Waals surface area contributed by atoms with Gasteiger partial charge in [-0.05, 0) is 43.4 Å². The smallest absolute Gasteiger partial charge is 0.404 e. The Hall–Kier alpha value is -0.315. The normalized spacial score (nSPS) is 46.2. The lowest BCUT2D eigenvalue weighted by atomic mass is 9.43. The highest BCUT2D eigenvalue weighted by atomic mass is 16.7. The first-order valence-electron chi connectivity index (χ1n) is 7.09. The standard InChI is InChI=1S/C14H24BNO2/c1-5-6-12(16)15-17-11-8-9-7-10(13(9,2)3)14(11,4)18-15/h5,9-12H,1,6-8,16H2,2-4H3/t9-,10-,11+,12?,14-/m0/s1. The molecule has 3 saturated carbocycles. The van der Waals surface area contributed by atoms with E-state index in [0.717, 1.165) is 18.8 Å². The molecule has 18 heavy (non-hydrogen) atoms. The van der Waals surface area contributed by atoms with Crippen molar-refractivity contribution in [3.05, 3.63) is 12.7 Å². The van der Waals surface area contributed by atoms with Crippen LogP contribution in [0.1, 0.15) is 40.0 Å². The molecule has 1 unspecified atom stereocenters. The minimum Gasteiger partial charge on any atom is -0.404 e. The zero-order valence-electron chi connectivity index (χ0n) is 11.7. The summed E-state index contributed by atoms with van der Waals surface area (Å²) in [5.41, 5.74) is 6.37. The highest BCUT2D eigenvalue weighted by Gasteiger charge is 2.68. The molecule has 0 radical (unpaired) electrons. The van der Waals surface area contributed by atoms with Gasteiger partial charge < -0.3 is 15.0 Å². The fraction of sp³-hybridized carbons (Fsp3) is 0.857. The topological polar surface area (TPSA) is 44.5 Å². The molecule has 100 valence electrons. The third-order valence-electron chi connectivity index (χ3n) is 5.76. The van der Waals surface area contributed by atoms with E-state index in [1.165, 1.54) is 6.42 Å². The molecule has 4 rings (SSSR count). The molecule has 0 aromatic carbocycles. The summed E-state index contributed by atoms with van der Waals surface area (Å²) < 4.78 is 12.3. The van der Waals surface area contributed by atoms with Gasteiger partial charge in [0.05, 0.1) is 11.7 Å². The first-order valence-corrected chi connectivity index (χ1v) is 7.09. The maximum Gasteiger partial charge on any atom is 0.475 e. The first kappa shape index (κ1) is 12.7. The van der Waals surface area contributed by atoms with E-state index < -0.39 is 0 Å². The van der Waals surface area contributed by atoms with Crippen LogP contribution >= 0.6 is 0 Å². The van der Waals surface area contributed by atoms with Crippen molar-refractivity contribution in [3.63, 3.8) is 0 Å². The van der Waals surface area contributed by atoms with Gasteiger partial charge in [-0.25, -0.2) is 0 Å². The number of hydrogen-bond acceptors (Lipinski definition) is 3. The van der Waals surface area contributed by atoms with Crippen LogP contribution < -0.4 is 5.73 Å². The molecule has 0 amide bonds. The average Bonchev–Trinajstić information content (AvgIpc) is 2.65. The Morgan fingerprint density at radius 1 is 1.44 bits per heavy atom. The van der Waals surface area contributed by atoms with Crippen LogP contribution in [-0.2, 0) is 9.31 Å². The van der Waals surface area contributed by atoms with Gasteiger partial charge in [0.15, 0.2) is 0 Å². The lowest BCUT2D eigenvalue weighted by Gasteiger charge is -2.64. The Balaban J connectivity index is 1.78. The van der Waals surface area contributed by atoms with E-state index in [4.69, 9.17) is 15.0 Å². The molecule has 4 aliphatic rings. The molecule has 0 aromatic rings. The van der Waals surface area contributed by atoms with Crippen molar-refractivity contribution in [2.45, 2.75) is 57.7 Å². The van der Waals surface area contributed by atoms with E-state index in [-0.39, 0.29) is 24.8 Å². The molecule has 0 spiro atoms. The van der Waals surface area contributed by atoms with Crippen LogP contribution in [0.4, 0.5) is 0 Å². The van der Waals surface area contributed by atoms with Crippen molar-refractivity contribution in [1.29, 1.82) is 0 Å². The van der Waals surface area contributed by atoms with E-state index in [9.17, 15) is 0 Å². The highest BCUT2D eigenvalue weighted by Crippen LogP contribution is 2.65. The SMILES string of the molecule is C=CCC(N)B1O[C@@H]2C[C@@H]3C[C@@H](C3(C)C)[C@]2(C)O1. The third-order valence-corrected chi connectivity index (χ3v) is 5.76. The van der Waals surface area contributed by atoms with Gasteiger partial charge in [0.25, 0.3) is 0 Å². The molecule has 5 atom stereocenters. The van der Waals surface area contributed by atoms with Crippen LogP contribution in [-0.4, -0.2) is 24.8 Å². The van der Waals surface area contributed by atoms with Crippen molar-refractivity contribution >= 4 is 7.12 Å². The van der Waals surface area contributed by atoms with Crippen molar-refractivity contribution < 1.29 is 9.31 Å². The van der Waals surface area contributed by atoms with Gasteiger partial charge in [0.1, 0.15) is 0 Å². The summed E-state index contributed by atoms with van der Waals surface area (Å²) in [4.78, 5) is 0. The molecule has 2 N–H and O–H groups in total. The molecule has 3 nitrogen and oxygen atoms in total. The lowest BCUT2D eigenvalue weighted by Crippen LogP contribution is -2.65. The summed E-state index contributed by atoms with van der Waals surface area (Å²) in [6, 6.07) is 0. The van der Waals surface area contributed by atoms with E-state index in [0.29, 0.717) is 11.3 Å². The molecule has 1 saturated heterocycles. The minimum absolute atomic E-state index is 0.0924. The van der Waals surface area contributed by atoms with Gasteiger partial charge in [-0.1, -0.05) is 19.9 Å². The Bertz CT molecular complexity index is 373. The van der Waals surface area contributed by atoms with Gasteiger partial charge in [0.2, 0.25) is 0 Å². The summed E-state index contributed by atoms with van der Waals surface area (Å²) in [5, 5.41) is 0. The monoisotopic (exact) mass is 249 g/mol. The van der Waals surface area contributed by atoms with Crippen LogP contribution in [0, 0.1) is 17.3 Å². The van der Waals surface area contributed by atoms with Gasteiger partial charge >= 0.3 is 7.12 Å². The van der Waals surface area contributed by atoms with Crippen LogP contribution in [0.3, 0.4) is 0 Å². The number of rotatable bonds is 3. The van der Waals surface area contributed by atoms with Crippen LogP contribution in [0.25, 0.3) is 0 Å². The summed E-state index contributed by atoms with van der Waals surface area (Å²) in [6.45, 7) is 10.7. The first-order chi connectivity index (χ1) is 8.39. The predicted molar refractivity (Wildman–Crippen MR) is 72.9 cm³/mol. The molecule has 4 fully saturated rings. The fourth-order valence-corrected chi connectivity index (χ4v) is 4.39. The average molecular weight is 249 g/mol. The van der Waals surface area contributed by atoms with Gasteiger partial charge in [-0.15, -0.1) is 6.58 Å². The van der Waals surface area contributed by atoms with Gasteiger partial charge in [-0.2, -0.15) is 0 Å². The Morgan fingerprint density at radius 3 is 2.78 bits per heavy atom. The fourth-order valence-electron chi connectivity index (χ4n) is 4.39. The van der Waals surface area contributed by atoms with E-state index >= 15 is 0 Å². The zero-order valence-corrected chi connectivity index (χ0v) is 11.7. The summed E-state index contributed by atoms with van der Waals surface area (Å²) >= 11 is 0. The van der Waals surface area contributed by atoms with Crippen LogP contribution in [0.5, 0.6) is 0 Å². The van der Waals surface area contributed by atoms with Crippen LogP contribution in [0.15, 0.2) is 12.7 Å². The molecule has 1 aliphatic heterocycles. The van der Waals surface area contributed by atoms with Gasteiger partial charge in [0, 0.05) is 5.94 Å². The maximum absolute atomic E-state index is 6.26. The van der Waals surface area contributed by atoms with E-state index in [2.05, 4.69) is 27.4 Å². The number of nitrogens with two attached hydrogens (primary N) is 1. The van der Waals surface area contributed by atoms with Crippen molar-refractivity contribution in [2.75, 3.05) is 0 Å². The molecule has 2 bridgehead atoms. The van der Waals surface area contributed by atoms with Crippen molar-refractivity contribution in [2.24, 2.45) is 23.0 Å². The molecule has 0 aromatic heterocycles. The van der Waals surface area contributed by atoms with E-state index in [1.807, 2.05) is 6.08 Å². The Morgan fingerprint density at radius 2 is 2.17 bits per heavy atom. The summed E-state index contributed by atoms with van der Waals surface area (Å²) in [5.74, 6) is 1.30. The second-order valence-corrected chi connectivity index (χ2v) is 7.03. The third kappa shape index (κ3) is 1.49. The molecular formula is C14H24BNO2. The molecule has 4 heteroatoms. The Labute approximate surface area is 110 Å². The predicted octanol–water partition coefficient (Wildman–Crippen LogP) is 2.16. The number of hydrogen-bond donors (Lipinski definition) is 1. The molecular weight excluding hydrogens is 225 g/mol. The van der Waals surface area contributed by atoms with Crippen LogP contribution in [0.2, 0.25) is 0 Å². The maximum atomic E-state index is 6.26. The molecule has 1 heterocycles. The Kier molecular flexibility index (Phi) is 2.71.